The molecular formula is C11H13F2NO. The second-order valence-electron chi connectivity index (χ2n) is 4.04. The summed E-state index contributed by atoms with van der Waals surface area (Å²) in [6, 6.07) is 4.94. The zero-order valence-electron chi connectivity index (χ0n) is 8.68. The average Bonchev–Trinajstić information content (AvgIpc) is 2.67. The maximum atomic E-state index is 13.0. The molecule has 1 aromatic rings. The van der Waals surface area contributed by atoms with Crippen LogP contribution in [0.3, 0.4) is 0 Å². The van der Waals surface area contributed by atoms with Crippen molar-refractivity contribution in [3.05, 3.63) is 29.3 Å². The van der Waals surface area contributed by atoms with E-state index in [0.29, 0.717) is 11.3 Å². The lowest BCUT2D eigenvalue weighted by atomic mass is 10.0. The fraction of sp³-hybridized carbons (Fsp3) is 0.455. The van der Waals surface area contributed by atoms with Gasteiger partial charge in [0.05, 0.1) is 7.11 Å². The van der Waals surface area contributed by atoms with Crippen molar-refractivity contribution in [1.82, 2.24) is 0 Å². The van der Waals surface area contributed by atoms with Gasteiger partial charge in [-0.05, 0) is 24.1 Å². The molecule has 1 saturated carbocycles. The molecule has 0 bridgehead atoms. The van der Waals surface area contributed by atoms with Crippen LogP contribution >= 0.6 is 0 Å². The molecule has 0 spiro atoms. The molecule has 15 heavy (non-hydrogen) atoms. The normalized spacial score (nSPS) is 27.5. The van der Waals surface area contributed by atoms with E-state index in [4.69, 9.17) is 10.5 Å². The lowest BCUT2D eigenvalue weighted by Crippen LogP contribution is -2.27. The Hall–Kier alpha value is -1.16. The first-order chi connectivity index (χ1) is 6.90. The largest absolute Gasteiger partial charge is 0.496 e. The van der Waals surface area contributed by atoms with E-state index in [9.17, 15) is 8.78 Å². The molecule has 0 radical (unpaired) electrons. The second-order valence-corrected chi connectivity index (χ2v) is 4.04. The van der Waals surface area contributed by atoms with Crippen LogP contribution in [0.4, 0.5) is 8.78 Å². The first-order valence-corrected chi connectivity index (χ1v) is 4.72. The van der Waals surface area contributed by atoms with Crippen molar-refractivity contribution >= 4 is 0 Å². The molecule has 4 heteroatoms. The zero-order chi connectivity index (χ0) is 11.3. The van der Waals surface area contributed by atoms with E-state index in [-0.39, 0.29) is 6.42 Å². The van der Waals surface area contributed by atoms with Crippen molar-refractivity contribution < 1.29 is 13.5 Å². The molecule has 0 heterocycles. The second kappa shape index (κ2) is 2.92. The van der Waals surface area contributed by atoms with Gasteiger partial charge in [-0.1, -0.05) is 12.1 Å². The number of alkyl halides is 2. The van der Waals surface area contributed by atoms with Crippen molar-refractivity contribution in [1.29, 1.82) is 0 Å². The first kappa shape index (κ1) is 10.4. The Bertz CT molecular complexity index is 406. The SMILES string of the molecule is COc1ccc(C2(N)CC2(F)F)cc1C. The van der Waals surface area contributed by atoms with Crippen LogP contribution < -0.4 is 10.5 Å². The summed E-state index contributed by atoms with van der Waals surface area (Å²) in [5, 5.41) is 0. The molecule has 2 rings (SSSR count). The molecule has 1 atom stereocenters. The number of ether oxygens (including phenoxy) is 1. The minimum atomic E-state index is -2.77. The number of aryl methyl sites for hydroxylation is 1. The summed E-state index contributed by atoms with van der Waals surface area (Å²) in [5.41, 5.74) is 5.45. The van der Waals surface area contributed by atoms with E-state index in [1.165, 1.54) is 0 Å². The lowest BCUT2D eigenvalue weighted by molar-refractivity contribution is 0.0891. The fourth-order valence-electron chi connectivity index (χ4n) is 1.78. The standard InChI is InChI=1S/C11H13F2NO/c1-7-5-8(3-4-9(7)15-2)10(14)6-11(10,12)13/h3-5H,6,14H2,1-2H3. The van der Waals surface area contributed by atoms with Crippen molar-refractivity contribution in [3.63, 3.8) is 0 Å². The van der Waals surface area contributed by atoms with Gasteiger partial charge < -0.3 is 10.5 Å². The summed E-state index contributed by atoms with van der Waals surface area (Å²) in [6.45, 7) is 1.81. The smallest absolute Gasteiger partial charge is 0.272 e. The quantitative estimate of drug-likeness (QED) is 0.817. The number of halogens is 2. The van der Waals surface area contributed by atoms with Crippen molar-refractivity contribution in [2.45, 2.75) is 24.8 Å². The fourth-order valence-corrected chi connectivity index (χ4v) is 1.78. The third-order valence-electron chi connectivity index (χ3n) is 2.94. The molecule has 2 N–H and O–H groups in total. The summed E-state index contributed by atoms with van der Waals surface area (Å²) < 4.78 is 31.1. The highest BCUT2D eigenvalue weighted by molar-refractivity contribution is 5.43. The summed E-state index contributed by atoms with van der Waals surface area (Å²) in [4.78, 5) is 0. The van der Waals surface area contributed by atoms with Gasteiger partial charge in [0.1, 0.15) is 11.3 Å². The van der Waals surface area contributed by atoms with Crippen LogP contribution in [0.2, 0.25) is 0 Å². The Morgan fingerprint density at radius 3 is 2.40 bits per heavy atom. The molecule has 1 fully saturated rings. The minimum Gasteiger partial charge on any atom is -0.496 e. The predicted octanol–water partition coefficient (Wildman–Crippen LogP) is 2.20. The Labute approximate surface area is 87.0 Å². The average molecular weight is 213 g/mol. The van der Waals surface area contributed by atoms with Crippen LogP contribution in [0, 0.1) is 6.92 Å². The van der Waals surface area contributed by atoms with Gasteiger partial charge >= 0.3 is 0 Å². The number of nitrogens with two attached hydrogens (primary N) is 1. The maximum absolute atomic E-state index is 13.0. The van der Waals surface area contributed by atoms with Crippen molar-refractivity contribution in [2.75, 3.05) is 7.11 Å². The molecule has 1 aliphatic rings. The Kier molecular flexibility index (Phi) is 2.01. The third kappa shape index (κ3) is 1.40. The van der Waals surface area contributed by atoms with Gasteiger partial charge in [0.2, 0.25) is 0 Å². The number of rotatable bonds is 2. The molecule has 0 aromatic heterocycles. The van der Waals surface area contributed by atoms with Crippen molar-refractivity contribution in [2.24, 2.45) is 5.73 Å². The summed E-state index contributed by atoms with van der Waals surface area (Å²) >= 11 is 0. The Morgan fingerprint density at radius 1 is 1.40 bits per heavy atom. The highest BCUT2D eigenvalue weighted by atomic mass is 19.3. The van der Waals surface area contributed by atoms with E-state index < -0.39 is 11.5 Å². The molecule has 0 aliphatic heterocycles. The summed E-state index contributed by atoms with van der Waals surface area (Å²) in [6.07, 6.45) is -0.272. The van der Waals surface area contributed by atoms with Gasteiger partial charge in [-0.2, -0.15) is 0 Å². The predicted molar refractivity (Wildman–Crippen MR) is 53.2 cm³/mol. The van der Waals surface area contributed by atoms with Gasteiger partial charge in [-0.25, -0.2) is 8.78 Å². The Balaban J connectivity index is 2.37. The highest BCUT2D eigenvalue weighted by Crippen LogP contribution is 2.57. The summed E-state index contributed by atoms with van der Waals surface area (Å²) in [5.74, 6) is -2.08. The summed E-state index contributed by atoms with van der Waals surface area (Å²) in [7, 11) is 1.55. The van der Waals surface area contributed by atoms with Gasteiger partial charge in [-0.3, -0.25) is 0 Å². The van der Waals surface area contributed by atoms with E-state index in [1.807, 2.05) is 6.92 Å². The maximum Gasteiger partial charge on any atom is 0.272 e. The van der Waals surface area contributed by atoms with Crippen LogP contribution in [0.5, 0.6) is 5.75 Å². The lowest BCUT2D eigenvalue weighted by Gasteiger charge is -2.13. The van der Waals surface area contributed by atoms with E-state index in [0.717, 1.165) is 5.56 Å². The first-order valence-electron chi connectivity index (χ1n) is 4.72. The zero-order valence-corrected chi connectivity index (χ0v) is 8.68. The topological polar surface area (TPSA) is 35.2 Å². The van der Waals surface area contributed by atoms with Gasteiger partial charge in [0, 0.05) is 6.42 Å². The highest BCUT2D eigenvalue weighted by Gasteiger charge is 2.69. The molecule has 0 amide bonds. The van der Waals surface area contributed by atoms with E-state index >= 15 is 0 Å². The molecule has 82 valence electrons. The van der Waals surface area contributed by atoms with Crippen molar-refractivity contribution in [3.8, 4) is 5.75 Å². The molecule has 1 unspecified atom stereocenters. The van der Waals surface area contributed by atoms with Crippen LogP contribution in [0.1, 0.15) is 17.5 Å². The molecule has 2 nitrogen and oxygen atoms in total. The van der Waals surface area contributed by atoms with Crippen LogP contribution in [-0.2, 0) is 5.54 Å². The number of methoxy groups -OCH3 is 1. The third-order valence-corrected chi connectivity index (χ3v) is 2.94. The number of benzene rings is 1. The van der Waals surface area contributed by atoms with E-state index in [2.05, 4.69) is 0 Å². The Morgan fingerprint density at radius 2 is 2.00 bits per heavy atom. The van der Waals surface area contributed by atoms with E-state index in [1.54, 1.807) is 25.3 Å². The van der Waals surface area contributed by atoms with Crippen LogP contribution in [0.15, 0.2) is 18.2 Å². The monoisotopic (exact) mass is 213 g/mol. The van der Waals surface area contributed by atoms with Gasteiger partial charge in [-0.15, -0.1) is 0 Å². The van der Waals surface area contributed by atoms with Gasteiger partial charge in [0.15, 0.2) is 0 Å². The molecule has 1 aliphatic carbocycles. The van der Waals surface area contributed by atoms with Gasteiger partial charge in [0.25, 0.3) is 5.92 Å². The van der Waals surface area contributed by atoms with Crippen LogP contribution in [0.25, 0.3) is 0 Å². The molecular weight excluding hydrogens is 200 g/mol. The number of hydrogen-bond donors (Lipinski definition) is 1. The van der Waals surface area contributed by atoms with Crippen LogP contribution in [-0.4, -0.2) is 13.0 Å². The number of hydrogen-bond acceptors (Lipinski definition) is 2. The minimum absolute atomic E-state index is 0.272. The molecule has 0 saturated heterocycles. The molecule has 1 aromatic carbocycles.